The largest absolute Gasteiger partial charge is 0.390 e. The Morgan fingerprint density at radius 3 is 2.14 bits per heavy atom. The maximum Gasteiger partial charge on any atom is 0.389 e. The summed E-state index contributed by atoms with van der Waals surface area (Å²) >= 11 is 0. The van der Waals surface area contributed by atoms with E-state index in [1.165, 1.54) is 7.11 Å². The third-order valence-corrected chi connectivity index (χ3v) is 2.27. The third-order valence-electron chi connectivity index (χ3n) is 2.27. The summed E-state index contributed by atoms with van der Waals surface area (Å²) in [4.78, 5) is 0. The maximum absolute atomic E-state index is 11.8. The van der Waals surface area contributed by atoms with Crippen LogP contribution in [0.1, 0.15) is 33.1 Å². The molecule has 0 saturated carbocycles. The van der Waals surface area contributed by atoms with Crippen LogP contribution in [0.25, 0.3) is 0 Å². The summed E-state index contributed by atoms with van der Waals surface area (Å²) in [5, 5.41) is 9.48. The van der Waals surface area contributed by atoms with Gasteiger partial charge < -0.3 is 9.84 Å². The summed E-state index contributed by atoms with van der Waals surface area (Å²) in [6, 6.07) is 0. The van der Waals surface area contributed by atoms with E-state index in [0.29, 0.717) is 0 Å². The molecule has 0 radical (unpaired) electrons. The van der Waals surface area contributed by atoms with E-state index in [9.17, 15) is 18.3 Å². The minimum Gasteiger partial charge on any atom is -0.390 e. The molecule has 1 atom stereocenters. The second-order valence-electron chi connectivity index (χ2n) is 3.83. The number of ether oxygens (including phenoxy) is 1. The predicted molar refractivity (Wildman–Crippen MR) is 47.0 cm³/mol. The van der Waals surface area contributed by atoms with Gasteiger partial charge in [0, 0.05) is 13.5 Å². The molecule has 0 saturated heterocycles. The summed E-state index contributed by atoms with van der Waals surface area (Å²) in [5.41, 5.74) is -0.786. The Morgan fingerprint density at radius 1 is 1.29 bits per heavy atom. The first-order valence-corrected chi connectivity index (χ1v) is 4.49. The van der Waals surface area contributed by atoms with Gasteiger partial charge in [0.15, 0.2) is 0 Å². The number of methoxy groups -OCH3 is 1. The Morgan fingerprint density at radius 2 is 1.79 bits per heavy atom. The second-order valence-corrected chi connectivity index (χ2v) is 3.83. The number of alkyl halides is 3. The molecule has 14 heavy (non-hydrogen) atoms. The van der Waals surface area contributed by atoms with Crippen molar-refractivity contribution in [2.45, 2.75) is 51.0 Å². The number of aliphatic hydroxyl groups is 1. The fourth-order valence-corrected chi connectivity index (χ4v) is 0.979. The Bertz CT molecular complexity index is 166. The third kappa shape index (κ3) is 5.44. The first-order valence-electron chi connectivity index (χ1n) is 4.49. The molecule has 0 aliphatic carbocycles. The first kappa shape index (κ1) is 13.7. The standard InChI is InChI=1S/C9H17F3O2/c1-8(2,14-3)7(13)5-4-6-9(10,11)12/h7,13H,4-6H2,1-3H3. The Hall–Kier alpha value is -0.290. The van der Waals surface area contributed by atoms with Gasteiger partial charge in [0.2, 0.25) is 0 Å². The summed E-state index contributed by atoms with van der Waals surface area (Å²) in [6.45, 7) is 3.29. The lowest BCUT2D eigenvalue weighted by Crippen LogP contribution is -2.38. The van der Waals surface area contributed by atoms with Crippen molar-refractivity contribution in [2.24, 2.45) is 0 Å². The van der Waals surface area contributed by atoms with Crippen LogP contribution >= 0.6 is 0 Å². The molecular formula is C9H17F3O2. The molecule has 0 heterocycles. The molecule has 0 spiro atoms. The Labute approximate surface area is 82.1 Å². The highest BCUT2D eigenvalue weighted by molar-refractivity contribution is 4.78. The Kier molecular flexibility index (Phi) is 4.88. The summed E-state index contributed by atoms with van der Waals surface area (Å²) in [6.07, 6.45) is -5.84. The molecule has 0 bridgehead atoms. The van der Waals surface area contributed by atoms with Crippen LogP contribution in [0.3, 0.4) is 0 Å². The van der Waals surface area contributed by atoms with Crippen molar-refractivity contribution in [1.82, 2.24) is 0 Å². The average molecular weight is 214 g/mol. The van der Waals surface area contributed by atoms with Crippen molar-refractivity contribution in [3.8, 4) is 0 Å². The highest BCUT2D eigenvalue weighted by Gasteiger charge is 2.30. The van der Waals surface area contributed by atoms with Gasteiger partial charge in [0.05, 0.1) is 11.7 Å². The maximum atomic E-state index is 11.8. The van der Waals surface area contributed by atoms with Gasteiger partial charge in [-0.2, -0.15) is 13.2 Å². The van der Waals surface area contributed by atoms with Gasteiger partial charge in [0.25, 0.3) is 0 Å². The highest BCUT2D eigenvalue weighted by atomic mass is 19.4. The molecule has 0 aromatic rings. The monoisotopic (exact) mass is 214 g/mol. The van der Waals surface area contributed by atoms with Gasteiger partial charge in [-0.05, 0) is 26.7 Å². The normalized spacial score (nSPS) is 15.6. The van der Waals surface area contributed by atoms with Gasteiger partial charge in [-0.1, -0.05) is 0 Å². The molecule has 5 heteroatoms. The van der Waals surface area contributed by atoms with Crippen LogP contribution in [0, 0.1) is 0 Å². The summed E-state index contributed by atoms with van der Waals surface area (Å²) in [7, 11) is 1.42. The van der Waals surface area contributed by atoms with E-state index in [-0.39, 0.29) is 12.8 Å². The molecule has 86 valence electrons. The summed E-state index contributed by atoms with van der Waals surface area (Å²) in [5.74, 6) is 0. The minimum atomic E-state index is -4.14. The van der Waals surface area contributed by atoms with Crippen molar-refractivity contribution in [1.29, 1.82) is 0 Å². The number of hydrogen-bond donors (Lipinski definition) is 1. The number of rotatable bonds is 5. The molecule has 1 unspecified atom stereocenters. The van der Waals surface area contributed by atoms with Crippen LogP contribution in [-0.2, 0) is 4.74 Å². The molecule has 0 aromatic carbocycles. The highest BCUT2D eigenvalue weighted by Crippen LogP contribution is 2.25. The predicted octanol–water partition coefficient (Wildman–Crippen LogP) is 2.50. The van der Waals surface area contributed by atoms with Crippen LogP contribution in [0.2, 0.25) is 0 Å². The van der Waals surface area contributed by atoms with Crippen LogP contribution in [0.5, 0.6) is 0 Å². The Balaban J connectivity index is 3.80. The van der Waals surface area contributed by atoms with E-state index >= 15 is 0 Å². The SMILES string of the molecule is COC(C)(C)C(O)CCCC(F)(F)F. The lowest BCUT2D eigenvalue weighted by Gasteiger charge is -2.29. The van der Waals surface area contributed by atoms with Crippen molar-refractivity contribution in [2.75, 3.05) is 7.11 Å². The average Bonchev–Trinajstić information content (AvgIpc) is 2.02. The number of aliphatic hydroxyl groups excluding tert-OH is 1. The molecule has 0 aliphatic rings. The molecule has 0 aromatic heterocycles. The lowest BCUT2D eigenvalue weighted by molar-refractivity contribution is -0.139. The molecule has 2 nitrogen and oxygen atoms in total. The van der Waals surface area contributed by atoms with Gasteiger partial charge in [-0.25, -0.2) is 0 Å². The quantitative estimate of drug-likeness (QED) is 0.762. The van der Waals surface area contributed by atoms with Gasteiger partial charge in [-0.3, -0.25) is 0 Å². The number of hydrogen-bond acceptors (Lipinski definition) is 2. The minimum absolute atomic E-state index is 0.0720. The molecular weight excluding hydrogens is 197 g/mol. The van der Waals surface area contributed by atoms with E-state index in [1.54, 1.807) is 13.8 Å². The van der Waals surface area contributed by atoms with E-state index in [1.807, 2.05) is 0 Å². The van der Waals surface area contributed by atoms with E-state index in [0.717, 1.165) is 0 Å². The first-order chi connectivity index (χ1) is 6.19. The van der Waals surface area contributed by atoms with E-state index in [2.05, 4.69) is 0 Å². The fourth-order valence-electron chi connectivity index (χ4n) is 0.979. The summed E-state index contributed by atoms with van der Waals surface area (Å²) < 4.78 is 40.3. The van der Waals surface area contributed by atoms with Crippen molar-refractivity contribution in [3.05, 3.63) is 0 Å². The van der Waals surface area contributed by atoms with Crippen molar-refractivity contribution in [3.63, 3.8) is 0 Å². The van der Waals surface area contributed by atoms with Gasteiger partial charge >= 0.3 is 6.18 Å². The zero-order valence-electron chi connectivity index (χ0n) is 8.69. The van der Waals surface area contributed by atoms with Crippen LogP contribution in [0.4, 0.5) is 13.2 Å². The fraction of sp³-hybridized carbons (Fsp3) is 1.00. The topological polar surface area (TPSA) is 29.5 Å². The van der Waals surface area contributed by atoms with E-state index in [4.69, 9.17) is 4.74 Å². The second kappa shape index (κ2) is 4.98. The smallest absolute Gasteiger partial charge is 0.389 e. The molecule has 0 fully saturated rings. The van der Waals surface area contributed by atoms with Gasteiger partial charge in [0.1, 0.15) is 0 Å². The molecule has 0 aliphatic heterocycles. The van der Waals surface area contributed by atoms with Crippen LogP contribution in [-0.4, -0.2) is 30.1 Å². The molecule has 0 amide bonds. The van der Waals surface area contributed by atoms with Crippen molar-refractivity contribution >= 4 is 0 Å². The number of halogens is 3. The molecule has 1 N–H and O–H groups in total. The van der Waals surface area contributed by atoms with Crippen molar-refractivity contribution < 1.29 is 23.0 Å². The van der Waals surface area contributed by atoms with E-state index < -0.39 is 24.3 Å². The van der Waals surface area contributed by atoms with Gasteiger partial charge in [-0.15, -0.1) is 0 Å². The zero-order valence-corrected chi connectivity index (χ0v) is 8.69. The van der Waals surface area contributed by atoms with Crippen LogP contribution in [0.15, 0.2) is 0 Å². The zero-order chi connectivity index (χ0) is 11.4. The van der Waals surface area contributed by atoms with Crippen LogP contribution < -0.4 is 0 Å². The lowest BCUT2D eigenvalue weighted by atomic mass is 9.96. The molecule has 0 rings (SSSR count).